The Bertz CT molecular complexity index is 547. The van der Waals surface area contributed by atoms with Gasteiger partial charge in [0.05, 0.1) is 4.92 Å². The van der Waals surface area contributed by atoms with Crippen LogP contribution in [-0.2, 0) is 4.79 Å². The van der Waals surface area contributed by atoms with Crippen molar-refractivity contribution in [3.8, 4) is 0 Å². The van der Waals surface area contributed by atoms with Crippen molar-refractivity contribution in [2.75, 3.05) is 18.0 Å². The Kier molecular flexibility index (Phi) is 4.72. The van der Waals surface area contributed by atoms with Crippen molar-refractivity contribution in [2.24, 2.45) is 5.92 Å². The van der Waals surface area contributed by atoms with Gasteiger partial charge in [0.25, 0.3) is 0 Å². The van der Waals surface area contributed by atoms with E-state index in [9.17, 15) is 14.9 Å². The highest BCUT2D eigenvalue weighted by Crippen LogP contribution is 2.31. The van der Waals surface area contributed by atoms with Crippen molar-refractivity contribution in [1.82, 2.24) is 4.98 Å². The summed E-state index contributed by atoms with van der Waals surface area (Å²) < 4.78 is 0. The first-order chi connectivity index (χ1) is 9.97. The number of hydrogen-bond donors (Lipinski definition) is 1. The second kappa shape index (κ2) is 6.51. The monoisotopic (exact) mass is 293 g/mol. The Morgan fingerprint density at radius 2 is 2.33 bits per heavy atom. The quantitative estimate of drug-likeness (QED) is 0.661. The van der Waals surface area contributed by atoms with Gasteiger partial charge in [0.15, 0.2) is 0 Å². The highest BCUT2D eigenvalue weighted by molar-refractivity contribution is 5.66. The number of aryl methyl sites for hydroxylation is 1. The molecule has 1 unspecified atom stereocenters. The maximum absolute atomic E-state index is 11.1. The number of carboxylic acids is 1. The summed E-state index contributed by atoms with van der Waals surface area (Å²) in [6.45, 7) is 3.16. The number of rotatable bonds is 5. The van der Waals surface area contributed by atoms with Crippen molar-refractivity contribution >= 4 is 17.5 Å². The maximum atomic E-state index is 11.1. The minimum absolute atomic E-state index is 0.0134. The van der Waals surface area contributed by atoms with E-state index in [1.54, 1.807) is 13.0 Å². The lowest BCUT2D eigenvalue weighted by Crippen LogP contribution is -2.36. The van der Waals surface area contributed by atoms with Crippen LogP contribution in [0.25, 0.3) is 0 Å². The molecule has 1 aromatic rings. The summed E-state index contributed by atoms with van der Waals surface area (Å²) in [7, 11) is 0. The molecule has 1 N–H and O–H groups in total. The Hall–Kier alpha value is -2.18. The number of hydrogen-bond acceptors (Lipinski definition) is 5. The number of pyridine rings is 1. The number of nitro groups is 1. The predicted octanol–water partition coefficient (Wildman–Crippen LogP) is 2.38. The average Bonchev–Trinajstić information content (AvgIpc) is 2.45. The second-order valence-electron chi connectivity index (χ2n) is 5.44. The Morgan fingerprint density at radius 1 is 1.57 bits per heavy atom. The summed E-state index contributed by atoms with van der Waals surface area (Å²) in [6, 6.07) is 3.12. The molecule has 114 valence electrons. The fourth-order valence-electron chi connectivity index (χ4n) is 2.73. The molecule has 0 bridgehead atoms. The van der Waals surface area contributed by atoms with E-state index >= 15 is 0 Å². The minimum Gasteiger partial charge on any atom is -0.481 e. The lowest BCUT2D eigenvalue weighted by atomic mass is 9.93. The zero-order valence-corrected chi connectivity index (χ0v) is 12.0. The fraction of sp³-hybridized carbons (Fsp3) is 0.571. The molecule has 2 rings (SSSR count). The van der Waals surface area contributed by atoms with Crippen LogP contribution in [-0.4, -0.2) is 34.1 Å². The van der Waals surface area contributed by atoms with Crippen LogP contribution in [0.1, 0.15) is 31.4 Å². The fourth-order valence-corrected chi connectivity index (χ4v) is 2.73. The van der Waals surface area contributed by atoms with Crippen molar-refractivity contribution in [2.45, 2.75) is 32.6 Å². The third-order valence-corrected chi connectivity index (χ3v) is 3.78. The van der Waals surface area contributed by atoms with Crippen LogP contribution in [0, 0.1) is 23.0 Å². The molecule has 1 aliphatic heterocycles. The van der Waals surface area contributed by atoms with Gasteiger partial charge in [0.2, 0.25) is 5.82 Å². The first-order valence-corrected chi connectivity index (χ1v) is 7.06. The van der Waals surface area contributed by atoms with Gasteiger partial charge in [-0.2, -0.15) is 0 Å². The first kappa shape index (κ1) is 15.2. The van der Waals surface area contributed by atoms with Crippen LogP contribution >= 0.6 is 0 Å². The number of carboxylic acid groups (broad SMARTS) is 1. The van der Waals surface area contributed by atoms with Crippen LogP contribution < -0.4 is 4.90 Å². The minimum atomic E-state index is -0.799. The third-order valence-electron chi connectivity index (χ3n) is 3.78. The van der Waals surface area contributed by atoms with Gasteiger partial charge >= 0.3 is 11.7 Å². The normalized spacial score (nSPS) is 18.5. The summed E-state index contributed by atoms with van der Waals surface area (Å²) in [5.74, 6) is -0.149. The Labute approximate surface area is 122 Å². The molecule has 0 aromatic carbocycles. The van der Waals surface area contributed by atoms with Crippen molar-refractivity contribution in [3.05, 3.63) is 27.9 Å². The number of carbonyl (C=O) groups is 1. The van der Waals surface area contributed by atoms with E-state index in [0.29, 0.717) is 18.8 Å². The number of aliphatic carboxylic acids is 1. The van der Waals surface area contributed by atoms with Gasteiger partial charge in [0.1, 0.15) is 0 Å². The molecule has 1 aliphatic rings. The number of aromatic nitrogens is 1. The molecule has 1 saturated heterocycles. The number of anilines is 1. The first-order valence-electron chi connectivity index (χ1n) is 7.06. The molecule has 7 heteroatoms. The summed E-state index contributed by atoms with van der Waals surface area (Å²) in [5.41, 5.74) is 0.753. The van der Waals surface area contributed by atoms with Crippen LogP contribution in [0.3, 0.4) is 0 Å². The van der Waals surface area contributed by atoms with Crippen molar-refractivity contribution in [1.29, 1.82) is 0 Å². The van der Waals surface area contributed by atoms with Gasteiger partial charge in [-0.05, 0) is 38.2 Å². The smallest absolute Gasteiger partial charge is 0.311 e. The molecule has 0 amide bonds. The van der Waals surface area contributed by atoms with Crippen molar-refractivity contribution < 1.29 is 14.8 Å². The average molecular weight is 293 g/mol. The molecule has 21 heavy (non-hydrogen) atoms. The summed E-state index contributed by atoms with van der Waals surface area (Å²) in [6.07, 6.45) is 2.60. The molecule has 0 radical (unpaired) electrons. The van der Waals surface area contributed by atoms with Crippen molar-refractivity contribution in [3.63, 3.8) is 0 Å². The summed E-state index contributed by atoms with van der Waals surface area (Å²) in [4.78, 5) is 27.6. The Balaban J connectivity index is 2.15. The van der Waals surface area contributed by atoms with Crippen LogP contribution in [0.4, 0.5) is 11.5 Å². The second-order valence-corrected chi connectivity index (χ2v) is 5.44. The number of piperidine rings is 1. The van der Waals surface area contributed by atoms with E-state index in [1.165, 1.54) is 6.07 Å². The molecule has 1 fully saturated rings. The van der Waals surface area contributed by atoms with Gasteiger partial charge < -0.3 is 10.0 Å². The van der Waals surface area contributed by atoms with E-state index in [1.807, 2.05) is 4.90 Å². The summed E-state index contributed by atoms with van der Waals surface area (Å²) in [5, 5.41) is 19.9. The molecule has 0 spiro atoms. The van der Waals surface area contributed by atoms with E-state index in [-0.39, 0.29) is 18.0 Å². The molecular formula is C14H19N3O4. The summed E-state index contributed by atoms with van der Waals surface area (Å²) >= 11 is 0. The standard InChI is InChI=1S/C14H19N3O4/c1-10-4-6-12(17(20)21)14(15-10)16-8-2-3-11(9-16)5-7-13(18)19/h4,6,11H,2-3,5,7-9H2,1H3,(H,18,19). The zero-order valence-electron chi connectivity index (χ0n) is 12.0. The van der Waals surface area contributed by atoms with Gasteiger partial charge in [-0.15, -0.1) is 0 Å². The van der Waals surface area contributed by atoms with E-state index in [0.717, 1.165) is 25.1 Å². The lowest BCUT2D eigenvalue weighted by Gasteiger charge is -2.33. The highest BCUT2D eigenvalue weighted by atomic mass is 16.6. The molecule has 1 aromatic heterocycles. The maximum Gasteiger partial charge on any atom is 0.311 e. The molecule has 0 aliphatic carbocycles. The zero-order chi connectivity index (χ0) is 15.4. The van der Waals surface area contributed by atoms with E-state index in [4.69, 9.17) is 5.11 Å². The Morgan fingerprint density at radius 3 is 3.00 bits per heavy atom. The van der Waals surface area contributed by atoms with Gasteiger partial charge in [-0.3, -0.25) is 14.9 Å². The van der Waals surface area contributed by atoms with E-state index < -0.39 is 10.9 Å². The molecular weight excluding hydrogens is 274 g/mol. The lowest BCUT2D eigenvalue weighted by molar-refractivity contribution is -0.384. The van der Waals surface area contributed by atoms with Crippen LogP contribution in [0.2, 0.25) is 0 Å². The number of nitrogens with zero attached hydrogens (tertiary/aromatic N) is 3. The van der Waals surface area contributed by atoms with Gasteiger partial charge in [-0.25, -0.2) is 4.98 Å². The topological polar surface area (TPSA) is 96.6 Å². The third kappa shape index (κ3) is 3.90. The highest BCUT2D eigenvalue weighted by Gasteiger charge is 2.27. The molecule has 7 nitrogen and oxygen atoms in total. The van der Waals surface area contributed by atoms with Gasteiger partial charge in [0, 0.05) is 31.3 Å². The van der Waals surface area contributed by atoms with E-state index in [2.05, 4.69) is 4.98 Å². The SMILES string of the molecule is Cc1ccc([N+](=O)[O-])c(N2CCCC(CCC(=O)O)C2)n1. The van der Waals surface area contributed by atoms with Crippen LogP contribution in [0.15, 0.2) is 12.1 Å². The van der Waals surface area contributed by atoms with Gasteiger partial charge in [-0.1, -0.05) is 0 Å². The predicted molar refractivity (Wildman–Crippen MR) is 77.4 cm³/mol. The van der Waals surface area contributed by atoms with Crippen LogP contribution in [0.5, 0.6) is 0 Å². The molecule has 1 atom stereocenters. The molecule has 2 heterocycles. The largest absolute Gasteiger partial charge is 0.481 e. The molecule has 0 saturated carbocycles.